The fourth-order valence-corrected chi connectivity index (χ4v) is 2.61. The van der Waals surface area contributed by atoms with Crippen LogP contribution >= 0.6 is 7.82 Å². The zero-order chi connectivity index (χ0) is 15.8. The number of rotatable bonds is 4. The minimum atomic E-state index is -4.69. The molecule has 124 valence electrons. The van der Waals surface area contributed by atoms with Gasteiger partial charge in [-0.15, -0.1) is 0 Å². The number of halogens is 1. The standard InChI is InChI=1S/C9H18FN2O8P/c10-4-2-12(9(15)11-8(4)14)7-1-5(13)6(20-7)3-19-21(16,17)18/h4-9,11,13-15H,1-3H2,(H2,16,17,18)/t4-,5-,6+,7+,8+,9-/m0/s1. The van der Waals surface area contributed by atoms with Crippen molar-refractivity contribution < 1.29 is 43.3 Å². The SMILES string of the molecule is O=P(O)(O)OC[C@H]1O[C@@H](N2C[C@H](F)[C@@H](O)N[C@@H]2O)C[C@@H]1O. The summed E-state index contributed by atoms with van der Waals surface area (Å²) in [5.74, 6) is 0. The summed E-state index contributed by atoms with van der Waals surface area (Å²) in [6.07, 6.45) is -7.50. The molecule has 2 fully saturated rings. The van der Waals surface area contributed by atoms with Gasteiger partial charge >= 0.3 is 7.82 Å². The summed E-state index contributed by atoms with van der Waals surface area (Å²) in [4.78, 5) is 18.3. The molecule has 12 heteroatoms. The van der Waals surface area contributed by atoms with Crippen LogP contribution in [0.15, 0.2) is 0 Å². The summed E-state index contributed by atoms with van der Waals surface area (Å²) in [5.41, 5.74) is 0. The van der Waals surface area contributed by atoms with E-state index in [0.717, 1.165) is 4.90 Å². The molecule has 2 heterocycles. The third-order valence-electron chi connectivity index (χ3n) is 3.34. The van der Waals surface area contributed by atoms with E-state index in [1.165, 1.54) is 0 Å². The Balaban J connectivity index is 1.92. The van der Waals surface area contributed by atoms with E-state index in [9.17, 15) is 24.3 Å². The van der Waals surface area contributed by atoms with E-state index in [2.05, 4.69) is 9.84 Å². The van der Waals surface area contributed by atoms with Crippen LogP contribution in [0.1, 0.15) is 6.42 Å². The Kier molecular flexibility index (Phi) is 5.31. The quantitative estimate of drug-likeness (QED) is 0.302. The van der Waals surface area contributed by atoms with Crippen molar-refractivity contribution in [2.24, 2.45) is 0 Å². The molecule has 2 aliphatic heterocycles. The van der Waals surface area contributed by atoms with Gasteiger partial charge in [-0.05, 0) is 0 Å². The molecule has 2 aliphatic rings. The molecule has 0 bridgehead atoms. The predicted molar refractivity (Wildman–Crippen MR) is 64.0 cm³/mol. The Bertz CT molecular complexity index is 411. The van der Waals surface area contributed by atoms with Crippen LogP contribution in [0.2, 0.25) is 0 Å². The maximum absolute atomic E-state index is 13.4. The number of nitrogens with one attached hydrogen (secondary N) is 1. The summed E-state index contributed by atoms with van der Waals surface area (Å²) < 4.78 is 33.6. The van der Waals surface area contributed by atoms with Gasteiger partial charge in [0, 0.05) is 13.0 Å². The lowest BCUT2D eigenvalue weighted by atomic mass is 10.1. The Hall–Kier alpha value is -0.200. The molecule has 0 aromatic rings. The lowest BCUT2D eigenvalue weighted by Gasteiger charge is -2.40. The number of aliphatic hydroxyl groups is 3. The van der Waals surface area contributed by atoms with Crippen LogP contribution in [-0.4, -0.2) is 80.3 Å². The monoisotopic (exact) mass is 332 g/mol. The van der Waals surface area contributed by atoms with E-state index in [1.54, 1.807) is 0 Å². The Labute approximate surface area is 119 Å². The van der Waals surface area contributed by atoms with Crippen molar-refractivity contribution in [2.75, 3.05) is 13.2 Å². The number of hydrogen-bond acceptors (Lipinski definition) is 8. The number of aliphatic hydroxyl groups excluding tert-OH is 3. The first-order valence-electron chi connectivity index (χ1n) is 6.23. The highest BCUT2D eigenvalue weighted by molar-refractivity contribution is 7.46. The molecule has 2 rings (SSSR count). The smallest absolute Gasteiger partial charge is 0.390 e. The van der Waals surface area contributed by atoms with Gasteiger partial charge in [-0.25, -0.2) is 13.9 Å². The van der Waals surface area contributed by atoms with Crippen LogP contribution in [0.5, 0.6) is 0 Å². The molecule has 0 aliphatic carbocycles. The lowest BCUT2D eigenvalue weighted by molar-refractivity contribution is -0.193. The van der Waals surface area contributed by atoms with Crippen molar-refractivity contribution in [3.63, 3.8) is 0 Å². The van der Waals surface area contributed by atoms with E-state index >= 15 is 0 Å². The summed E-state index contributed by atoms with van der Waals surface area (Å²) in [6, 6.07) is 0. The fraction of sp³-hybridized carbons (Fsp3) is 1.00. The van der Waals surface area contributed by atoms with E-state index in [-0.39, 0.29) is 13.0 Å². The largest absolute Gasteiger partial charge is 0.469 e. The highest BCUT2D eigenvalue weighted by Gasteiger charge is 2.44. The first kappa shape index (κ1) is 17.2. The molecular weight excluding hydrogens is 314 g/mol. The highest BCUT2D eigenvalue weighted by Crippen LogP contribution is 2.37. The molecule has 0 amide bonds. The topological polar surface area (TPSA) is 152 Å². The second-order valence-corrected chi connectivity index (χ2v) is 6.16. The van der Waals surface area contributed by atoms with E-state index < -0.39 is 51.6 Å². The molecule has 6 N–H and O–H groups in total. The van der Waals surface area contributed by atoms with Crippen LogP contribution in [0, 0.1) is 0 Å². The number of ether oxygens (including phenoxy) is 1. The average molecular weight is 332 g/mol. The minimum Gasteiger partial charge on any atom is -0.390 e. The summed E-state index contributed by atoms with van der Waals surface area (Å²) in [7, 11) is -4.69. The summed E-state index contributed by atoms with van der Waals surface area (Å²) in [5, 5.41) is 30.9. The molecule has 0 aromatic carbocycles. The van der Waals surface area contributed by atoms with Gasteiger partial charge in [-0.2, -0.15) is 0 Å². The molecular formula is C9H18FN2O8P. The van der Waals surface area contributed by atoms with Gasteiger partial charge < -0.3 is 29.8 Å². The van der Waals surface area contributed by atoms with Crippen molar-refractivity contribution in [3.8, 4) is 0 Å². The zero-order valence-corrected chi connectivity index (χ0v) is 11.7. The maximum Gasteiger partial charge on any atom is 0.469 e. The Morgan fingerprint density at radius 2 is 2.05 bits per heavy atom. The first-order chi connectivity index (χ1) is 9.67. The van der Waals surface area contributed by atoms with Crippen molar-refractivity contribution >= 4 is 7.82 Å². The van der Waals surface area contributed by atoms with Crippen molar-refractivity contribution in [3.05, 3.63) is 0 Å². The predicted octanol–water partition coefficient (Wildman–Crippen LogP) is -2.59. The molecule has 0 unspecified atom stereocenters. The van der Waals surface area contributed by atoms with Gasteiger partial charge in [-0.3, -0.25) is 9.84 Å². The molecule has 10 nitrogen and oxygen atoms in total. The number of phosphoric ester groups is 1. The van der Waals surface area contributed by atoms with Crippen molar-refractivity contribution in [1.29, 1.82) is 0 Å². The maximum atomic E-state index is 13.4. The number of alkyl halides is 1. The third-order valence-corrected chi connectivity index (χ3v) is 3.83. The Morgan fingerprint density at radius 1 is 1.38 bits per heavy atom. The van der Waals surface area contributed by atoms with E-state index in [1.807, 2.05) is 0 Å². The third kappa shape index (κ3) is 4.39. The molecule has 0 radical (unpaired) electrons. The second-order valence-electron chi connectivity index (χ2n) is 4.92. The van der Waals surface area contributed by atoms with Gasteiger partial charge in [0.2, 0.25) is 0 Å². The molecule has 2 saturated heterocycles. The molecule has 0 spiro atoms. The van der Waals surface area contributed by atoms with Crippen molar-refractivity contribution in [2.45, 2.75) is 43.6 Å². The van der Waals surface area contributed by atoms with Gasteiger partial charge in [-0.1, -0.05) is 0 Å². The zero-order valence-electron chi connectivity index (χ0n) is 10.8. The average Bonchev–Trinajstić information content (AvgIpc) is 2.72. The lowest BCUT2D eigenvalue weighted by Crippen LogP contribution is -2.63. The van der Waals surface area contributed by atoms with Crippen LogP contribution < -0.4 is 5.32 Å². The summed E-state index contributed by atoms with van der Waals surface area (Å²) in [6.45, 7) is -0.861. The molecule has 6 atom stereocenters. The number of nitrogens with zero attached hydrogens (tertiary/aromatic N) is 1. The normalized spacial score (nSPS) is 42.4. The highest BCUT2D eigenvalue weighted by atomic mass is 31.2. The van der Waals surface area contributed by atoms with Gasteiger partial charge in [0.25, 0.3) is 0 Å². The molecule has 0 saturated carbocycles. The minimum absolute atomic E-state index is 0.00323. The first-order valence-corrected chi connectivity index (χ1v) is 7.76. The molecule has 21 heavy (non-hydrogen) atoms. The van der Waals surface area contributed by atoms with Crippen LogP contribution in [0.25, 0.3) is 0 Å². The van der Waals surface area contributed by atoms with E-state index in [4.69, 9.17) is 14.5 Å². The van der Waals surface area contributed by atoms with Gasteiger partial charge in [0.05, 0.1) is 12.7 Å². The van der Waals surface area contributed by atoms with Crippen LogP contribution in [0.3, 0.4) is 0 Å². The second kappa shape index (κ2) is 6.50. The number of phosphoric acid groups is 1. The van der Waals surface area contributed by atoms with Crippen LogP contribution in [-0.2, 0) is 13.8 Å². The van der Waals surface area contributed by atoms with Crippen molar-refractivity contribution in [1.82, 2.24) is 10.2 Å². The van der Waals surface area contributed by atoms with Gasteiger partial charge in [0.15, 0.2) is 12.5 Å². The molecule has 0 aromatic heterocycles. The Morgan fingerprint density at radius 3 is 2.67 bits per heavy atom. The summed E-state index contributed by atoms with van der Waals surface area (Å²) >= 11 is 0. The number of hydrogen-bond donors (Lipinski definition) is 6. The van der Waals surface area contributed by atoms with Gasteiger partial charge in [0.1, 0.15) is 18.6 Å². The fourth-order valence-electron chi connectivity index (χ4n) is 2.27. The van der Waals surface area contributed by atoms with E-state index in [0.29, 0.717) is 0 Å². The van der Waals surface area contributed by atoms with Crippen LogP contribution in [0.4, 0.5) is 4.39 Å².